The lowest BCUT2D eigenvalue weighted by molar-refractivity contribution is 0.0794. The van der Waals surface area contributed by atoms with Crippen molar-refractivity contribution in [2.24, 2.45) is 5.92 Å². The molecule has 1 aliphatic heterocycles. The van der Waals surface area contributed by atoms with E-state index in [2.05, 4.69) is 19.2 Å². The molecule has 0 aliphatic carbocycles. The van der Waals surface area contributed by atoms with Crippen LogP contribution in [0.4, 0.5) is 0 Å². The predicted octanol–water partition coefficient (Wildman–Crippen LogP) is 1.41. The highest BCUT2D eigenvalue weighted by atomic mass is 16.5. The van der Waals surface area contributed by atoms with Gasteiger partial charge in [0.05, 0.1) is 6.61 Å². The van der Waals surface area contributed by atoms with Crippen LogP contribution in [0, 0.1) is 5.92 Å². The molecule has 11 heavy (non-hydrogen) atoms. The zero-order valence-electron chi connectivity index (χ0n) is 7.81. The maximum Gasteiger partial charge on any atom is 0.0507 e. The lowest BCUT2D eigenvalue weighted by Crippen LogP contribution is -2.51. The van der Waals surface area contributed by atoms with Crippen LogP contribution in [0.25, 0.3) is 0 Å². The Hall–Kier alpha value is -0.0800. The van der Waals surface area contributed by atoms with Gasteiger partial charge in [-0.15, -0.1) is 0 Å². The lowest BCUT2D eigenvalue weighted by atomic mass is 9.81. The van der Waals surface area contributed by atoms with E-state index in [9.17, 15) is 0 Å². The summed E-state index contributed by atoms with van der Waals surface area (Å²) in [5.74, 6) is 0.682. The molecule has 0 aromatic carbocycles. The molecule has 1 saturated heterocycles. The van der Waals surface area contributed by atoms with E-state index in [1.165, 1.54) is 12.8 Å². The van der Waals surface area contributed by atoms with E-state index in [-0.39, 0.29) is 5.54 Å². The molecule has 1 N–H and O–H groups in total. The minimum Gasteiger partial charge on any atom is -0.384 e. The van der Waals surface area contributed by atoms with Gasteiger partial charge >= 0.3 is 0 Å². The zero-order chi connectivity index (χ0) is 8.32. The molecule has 0 saturated carbocycles. The first kappa shape index (κ1) is 9.01. The van der Waals surface area contributed by atoms with Crippen molar-refractivity contribution in [1.29, 1.82) is 0 Å². The van der Waals surface area contributed by atoms with Gasteiger partial charge in [-0.05, 0) is 39.2 Å². The van der Waals surface area contributed by atoms with Crippen molar-refractivity contribution in [3.05, 3.63) is 0 Å². The first-order valence-electron chi connectivity index (χ1n) is 4.41. The molecule has 1 unspecified atom stereocenters. The summed E-state index contributed by atoms with van der Waals surface area (Å²) in [4.78, 5) is 0. The van der Waals surface area contributed by atoms with Crippen LogP contribution in [0.1, 0.15) is 26.7 Å². The van der Waals surface area contributed by atoms with Gasteiger partial charge in [-0.25, -0.2) is 0 Å². The minimum atomic E-state index is 0.272. The molecule has 1 fully saturated rings. The van der Waals surface area contributed by atoms with Gasteiger partial charge in [-0.3, -0.25) is 0 Å². The van der Waals surface area contributed by atoms with Gasteiger partial charge in [-0.1, -0.05) is 0 Å². The van der Waals surface area contributed by atoms with Crippen LogP contribution < -0.4 is 5.32 Å². The second kappa shape index (κ2) is 3.55. The van der Waals surface area contributed by atoms with Crippen LogP contribution in [0.3, 0.4) is 0 Å². The number of nitrogens with one attached hydrogen (secondary N) is 1. The number of rotatable bonds is 2. The van der Waals surface area contributed by atoms with Crippen LogP contribution in [-0.4, -0.2) is 25.8 Å². The highest BCUT2D eigenvalue weighted by molar-refractivity contribution is 4.89. The van der Waals surface area contributed by atoms with Gasteiger partial charge < -0.3 is 10.1 Å². The molecule has 1 heterocycles. The van der Waals surface area contributed by atoms with Gasteiger partial charge in [0.15, 0.2) is 0 Å². The Balaban J connectivity index is 2.45. The van der Waals surface area contributed by atoms with E-state index in [0.717, 1.165) is 13.2 Å². The third kappa shape index (κ3) is 2.17. The van der Waals surface area contributed by atoms with E-state index < -0.39 is 0 Å². The van der Waals surface area contributed by atoms with Gasteiger partial charge in [0.2, 0.25) is 0 Å². The van der Waals surface area contributed by atoms with Crippen molar-refractivity contribution < 1.29 is 4.74 Å². The normalized spacial score (nSPS) is 30.3. The SMILES string of the molecule is COCC1CCCNC1(C)C. The summed E-state index contributed by atoms with van der Waals surface area (Å²) < 4.78 is 5.18. The fraction of sp³-hybridized carbons (Fsp3) is 1.00. The van der Waals surface area contributed by atoms with E-state index >= 15 is 0 Å². The maximum atomic E-state index is 5.18. The smallest absolute Gasteiger partial charge is 0.0507 e. The molecule has 2 heteroatoms. The summed E-state index contributed by atoms with van der Waals surface area (Å²) in [7, 11) is 1.78. The molecule has 2 nitrogen and oxygen atoms in total. The van der Waals surface area contributed by atoms with Gasteiger partial charge in [0, 0.05) is 12.6 Å². The second-order valence-corrected chi connectivity index (χ2v) is 3.94. The number of ether oxygens (including phenoxy) is 1. The third-order valence-corrected chi connectivity index (χ3v) is 2.70. The van der Waals surface area contributed by atoms with E-state index in [4.69, 9.17) is 4.74 Å². The molecule has 0 radical (unpaired) electrons. The van der Waals surface area contributed by atoms with Crippen LogP contribution >= 0.6 is 0 Å². The fourth-order valence-corrected chi connectivity index (χ4v) is 1.76. The molecule has 1 rings (SSSR count). The number of hydrogen-bond acceptors (Lipinski definition) is 2. The lowest BCUT2D eigenvalue weighted by Gasteiger charge is -2.39. The fourth-order valence-electron chi connectivity index (χ4n) is 1.76. The third-order valence-electron chi connectivity index (χ3n) is 2.70. The highest BCUT2D eigenvalue weighted by Gasteiger charge is 2.31. The van der Waals surface area contributed by atoms with Crippen molar-refractivity contribution in [2.45, 2.75) is 32.2 Å². The van der Waals surface area contributed by atoms with Crippen molar-refractivity contribution in [3.8, 4) is 0 Å². The van der Waals surface area contributed by atoms with Gasteiger partial charge in [0.1, 0.15) is 0 Å². The Morgan fingerprint density at radius 3 is 2.82 bits per heavy atom. The number of hydrogen-bond donors (Lipinski definition) is 1. The summed E-state index contributed by atoms with van der Waals surface area (Å²) in [6.07, 6.45) is 2.59. The molecular formula is C9H19NO. The summed E-state index contributed by atoms with van der Waals surface area (Å²) in [5.41, 5.74) is 0.272. The summed E-state index contributed by atoms with van der Waals surface area (Å²) >= 11 is 0. The molecular weight excluding hydrogens is 138 g/mol. The standard InChI is InChI=1S/C9H19NO/c1-9(2)8(7-11-3)5-4-6-10-9/h8,10H,4-7H2,1-3H3. The van der Waals surface area contributed by atoms with Crippen LogP contribution in [-0.2, 0) is 4.74 Å². The topological polar surface area (TPSA) is 21.3 Å². The molecule has 1 atom stereocenters. The van der Waals surface area contributed by atoms with Crippen molar-refractivity contribution in [3.63, 3.8) is 0 Å². The Kier molecular flexibility index (Phi) is 2.90. The zero-order valence-corrected chi connectivity index (χ0v) is 7.81. The minimum absolute atomic E-state index is 0.272. The molecule has 1 aliphatic rings. The largest absolute Gasteiger partial charge is 0.384 e. The number of piperidine rings is 1. The Morgan fingerprint density at radius 2 is 2.27 bits per heavy atom. The highest BCUT2D eigenvalue weighted by Crippen LogP contribution is 2.25. The average Bonchev–Trinajstić information content (AvgIpc) is 1.94. The van der Waals surface area contributed by atoms with Gasteiger partial charge in [0.25, 0.3) is 0 Å². The first-order chi connectivity index (χ1) is 5.17. The summed E-state index contributed by atoms with van der Waals surface area (Å²) in [6, 6.07) is 0. The van der Waals surface area contributed by atoms with E-state index in [1.807, 2.05) is 0 Å². The molecule has 0 amide bonds. The van der Waals surface area contributed by atoms with Crippen LogP contribution in [0.5, 0.6) is 0 Å². The Labute approximate surface area is 69.3 Å². The summed E-state index contributed by atoms with van der Waals surface area (Å²) in [5, 5.41) is 3.51. The quantitative estimate of drug-likeness (QED) is 0.654. The summed E-state index contributed by atoms with van der Waals surface area (Å²) in [6.45, 7) is 6.57. The maximum absolute atomic E-state index is 5.18. The molecule has 0 spiro atoms. The van der Waals surface area contributed by atoms with E-state index in [0.29, 0.717) is 5.92 Å². The van der Waals surface area contributed by atoms with Crippen molar-refractivity contribution in [1.82, 2.24) is 5.32 Å². The van der Waals surface area contributed by atoms with Crippen LogP contribution in [0.2, 0.25) is 0 Å². The first-order valence-corrected chi connectivity index (χ1v) is 4.41. The Morgan fingerprint density at radius 1 is 1.55 bits per heavy atom. The molecule has 0 aromatic heterocycles. The average molecular weight is 157 g/mol. The van der Waals surface area contributed by atoms with Crippen molar-refractivity contribution in [2.75, 3.05) is 20.3 Å². The Bertz CT molecular complexity index is 121. The van der Waals surface area contributed by atoms with E-state index in [1.54, 1.807) is 7.11 Å². The predicted molar refractivity (Wildman–Crippen MR) is 46.7 cm³/mol. The second-order valence-electron chi connectivity index (χ2n) is 3.94. The molecule has 0 bridgehead atoms. The molecule has 66 valence electrons. The number of methoxy groups -OCH3 is 1. The monoisotopic (exact) mass is 157 g/mol. The van der Waals surface area contributed by atoms with Crippen LogP contribution in [0.15, 0.2) is 0 Å². The molecule has 0 aromatic rings. The van der Waals surface area contributed by atoms with Gasteiger partial charge in [-0.2, -0.15) is 0 Å². The van der Waals surface area contributed by atoms with Crippen molar-refractivity contribution >= 4 is 0 Å².